The fourth-order valence-corrected chi connectivity index (χ4v) is 3.71. The highest BCUT2D eigenvalue weighted by Gasteiger charge is 2.15. The minimum absolute atomic E-state index is 0.122. The molecule has 1 amide bonds. The number of H-pyrrole nitrogens is 1. The molecule has 0 aliphatic rings. The van der Waals surface area contributed by atoms with Gasteiger partial charge < -0.3 is 24.9 Å². The topological polar surface area (TPSA) is 83.6 Å². The number of aromatic nitrogens is 1. The molecule has 0 atom stereocenters. The zero-order valence-corrected chi connectivity index (χ0v) is 18.1. The van der Waals surface area contributed by atoms with Gasteiger partial charge in [0.05, 0.1) is 25.8 Å². The fourth-order valence-electron chi connectivity index (χ4n) is 3.71. The lowest BCUT2D eigenvalue weighted by atomic mass is 10.1. The number of hydrogen-bond acceptors (Lipinski definition) is 4. The smallest absolute Gasteiger partial charge is 0.228 e. The molecule has 6 heteroatoms. The molecule has 164 valence electrons. The van der Waals surface area contributed by atoms with Gasteiger partial charge >= 0.3 is 0 Å². The van der Waals surface area contributed by atoms with Crippen LogP contribution in [0.25, 0.3) is 10.9 Å². The number of carbonyl (C=O) groups is 1. The van der Waals surface area contributed by atoms with Crippen molar-refractivity contribution in [2.24, 2.45) is 0 Å². The van der Waals surface area contributed by atoms with Gasteiger partial charge in [0.2, 0.25) is 5.91 Å². The van der Waals surface area contributed by atoms with E-state index in [9.17, 15) is 9.90 Å². The molecule has 6 nitrogen and oxygen atoms in total. The molecule has 3 aromatic carbocycles. The first-order valence-electron chi connectivity index (χ1n) is 10.4. The Morgan fingerprint density at radius 2 is 1.84 bits per heavy atom. The molecule has 32 heavy (non-hydrogen) atoms. The van der Waals surface area contributed by atoms with Crippen molar-refractivity contribution >= 4 is 22.5 Å². The van der Waals surface area contributed by atoms with Gasteiger partial charge in [-0.2, -0.15) is 0 Å². The molecule has 0 aliphatic heterocycles. The molecular weight excluding hydrogens is 404 g/mol. The lowest BCUT2D eigenvalue weighted by molar-refractivity contribution is -0.115. The second-order valence-corrected chi connectivity index (χ2v) is 7.63. The molecule has 0 radical (unpaired) electrons. The van der Waals surface area contributed by atoms with Gasteiger partial charge in [-0.05, 0) is 53.9 Å². The van der Waals surface area contributed by atoms with E-state index in [0.717, 1.165) is 33.5 Å². The summed E-state index contributed by atoms with van der Waals surface area (Å²) in [7, 11) is 1.62. The van der Waals surface area contributed by atoms with Crippen molar-refractivity contribution in [1.82, 2.24) is 4.98 Å². The molecule has 0 saturated carbocycles. The van der Waals surface area contributed by atoms with E-state index in [1.807, 2.05) is 55.5 Å². The van der Waals surface area contributed by atoms with E-state index < -0.39 is 0 Å². The van der Waals surface area contributed by atoms with Crippen molar-refractivity contribution in [3.8, 4) is 11.5 Å². The van der Waals surface area contributed by atoms with E-state index in [-0.39, 0.29) is 18.9 Å². The maximum atomic E-state index is 13.0. The average Bonchev–Trinajstić information content (AvgIpc) is 3.12. The summed E-state index contributed by atoms with van der Waals surface area (Å²) in [5, 5.41) is 13.5. The normalized spacial score (nSPS) is 10.8. The summed E-state index contributed by atoms with van der Waals surface area (Å²) in [6.45, 7) is 2.21. The standard InChI is InChI=1S/C26H26N2O4/c1-17-21(22-13-20(31-2)9-10-23(22)27-17)14-26(30)28-24-12-19(15-29)8-11-25(24)32-16-18-6-4-3-5-7-18/h3-13,27,29H,14-16H2,1-2H3,(H,28,30). The number of aliphatic hydroxyl groups excluding tert-OH is 1. The van der Waals surface area contributed by atoms with Crippen molar-refractivity contribution in [2.75, 3.05) is 12.4 Å². The summed E-state index contributed by atoms with van der Waals surface area (Å²) in [5.41, 5.74) is 5.07. The molecule has 0 fully saturated rings. The minimum Gasteiger partial charge on any atom is -0.497 e. The van der Waals surface area contributed by atoms with Gasteiger partial charge in [0.1, 0.15) is 18.1 Å². The molecule has 0 saturated heterocycles. The molecule has 0 bridgehead atoms. The quantitative estimate of drug-likeness (QED) is 0.377. The number of rotatable bonds is 8. The van der Waals surface area contributed by atoms with Crippen molar-refractivity contribution in [3.63, 3.8) is 0 Å². The van der Waals surface area contributed by atoms with Gasteiger partial charge in [-0.15, -0.1) is 0 Å². The van der Waals surface area contributed by atoms with Crippen LogP contribution in [0.5, 0.6) is 11.5 Å². The maximum absolute atomic E-state index is 13.0. The average molecular weight is 431 g/mol. The van der Waals surface area contributed by atoms with Crippen LogP contribution in [0, 0.1) is 6.92 Å². The number of hydrogen-bond donors (Lipinski definition) is 3. The first kappa shape index (κ1) is 21.5. The Kier molecular flexibility index (Phi) is 6.42. The van der Waals surface area contributed by atoms with Gasteiger partial charge in [-0.3, -0.25) is 4.79 Å². The number of ether oxygens (including phenoxy) is 2. The second kappa shape index (κ2) is 9.58. The Labute approximate surface area is 186 Å². The molecule has 3 N–H and O–H groups in total. The van der Waals surface area contributed by atoms with E-state index in [2.05, 4.69) is 10.3 Å². The predicted molar refractivity (Wildman–Crippen MR) is 125 cm³/mol. The summed E-state index contributed by atoms with van der Waals surface area (Å²) in [6.07, 6.45) is 0.195. The first-order chi connectivity index (χ1) is 15.6. The summed E-state index contributed by atoms with van der Waals surface area (Å²) in [5.74, 6) is 1.12. The van der Waals surface area contributed by atoms with Crippen LogP contribution in [-0.2, 0) is 24.4 Å². The van der Waals surface area contributed by atoms with Crippen LogP contribution >= 0.6 is 0 Å². The number of anilines is 1. The SMILES string of the molecule is COc1ccc2[nH]c(C)c(CC(=O)Nc3cc(CO)ccc3OCc3ccccc3)c2c1. The van der Waals surface area contributed by atoms with Gasteiger partial charge in [0.25, 0.3) is 0 Å². The zero-order chi connectivity index (χ0) is 22.5. The van der Waals surface area contributed by atoms with Crippen LogP contribution in [0.2, 0.25) is 0 Å². The molecule has 0 aliphatic carbocycles. The van der Waals surface area contributed by atoms with E-state index in [1.165, 1.54) is 0 Å². The third kappa shape index (κ3) is 4.76. The number of aryl methyl sites for hydroxylation is 1. The third-order valence-electron chi connectivity index (χ3n) is 5.40. The molecular formula is C26H26N2O4. The maximum Gasteiger partial charge on any atom is 0.228 e. The highest BCUT2D eigenvalue weighted by molar-refractivity contribution is 5.97. The number of amides is 1. The molecule has 1 aromatic heterocycles. The zero-order valence-electron chi connectivity index (χ0n) is 18.1. The number of fused-ring (bicyclic) bond motifs is 1. The summed E-state index contributed by atoms with van der Waals surface area (Å²) >= 11 is 0. The van der Waals surface area contributed by atoms with Crippen LogP contribution in [0.3, 0.4) is 0 Å². The monoisotopic (exact) mass is 430 g/mol. The molecule has 4 rings (SSSR count). The Hall–Kier alpha value is -3.77. The van der Waals surface area contributed by atoms with Crippen molar-refractivity contribution < 1.29 is 19.4 Å². The highest BCUT2D eigenvalue weighted by atomic mass is 16.5. The molecule has 0 spiro atoms. The fraction of sp³-hybridized carbons (Fsp3) is 0.192. The number of carbonyl (C=O) groups excluding carboxylic acids is 1. The Morgan fingerprint density at radius 1 is 1.03 bits per heavy atom. The van der Waals surface area contributed by atoms with Gasteiger partial charge in [-0.1, -0.05) is 36.4 Å². The third-order valence-corrected chi connectivity index (χ3v) is 5.40. The number of nitrogens with one attached hydrogen (secondary N) is 2. The number of benzene rings is 3. The van der Waals surface area contributed by atoms with Crippen LogP contribution in [-0.4, -0.2) is 23.1 Å². The van der Waals surface area contributed by atoms with E-state index in [4.69, 9.17) is 9.47 Å². The minimum atomic E-state index is -0.170. The number of aromatic amines is 1. The van der Waals surface area contributed by atoms with Crippen LogP contribution in [0.1, 0.15) is 22.4 Å². The van der Waals surface area contributed by atoms with E-state index in [0.29, 0.717) is 23.6 Å². The highest BCUT2D eigenvalue weighted by Crippen LogP contribution is 2.29. The van der Waals surface area contributed by atoms with Gasteiger partial charge in [0, 0.05) is 16.6 Å². The first-order valence-corrected chi connectivity index (χ1v) is 10.4. The largest absolute Gasteiger partial charge is 0.497 e. The van der Waals surface area contributed by atoms with E-state index in [1.54, 1.807) is 25.3 Å². The van der Waals surface area contributed by atoms with Crippen LogP contribution < -0.4 is 14.8 Å². The summed E-state index contributed by atoms with van der Waals surface area (Å²) < 4.78 is 11.3. The van der Waals surface area contributed by atoms with Gasteiger partial charge in [0.15, 0.2) is 0 Å². The second-order valence-electron chi connectivity index (χ2n) is 7.63. The summed E-state index contributed by atoms with van der Waals surface area (Å²) in [4.78, 5) is 16.3. The molecule has 0 unspecified atom stereocenters. The molecule has 4 aromatic rings. The van der Waals surface area contributed by atoms with E-state index >= 15 is 0 Å². The van der Waals surface area contributed by atoms with Gasteiger partial charge in [-0.25, -0.2) is 0 Å². The van der Waals surface area contributed by atoms with Crippen LogP contribution in [0.4, 0.5) is 5.69 Å². The predicted octanol–water partition coefficient (Wildman–Crippen LogP) is 4.74. The summed E-state index contributed by atoms with van der Waals surface area (Å²) in [6, 6.07) is 20.9. The number of aliphatic hydroxyl groups is 1. The van der Waals surface area contributed by atoms with Crippen molar-refractivity contribution in [3.05, 3.63) is 89.1 Å². The molecule has 1 heterocycles. The Morgan fingerprint density at radius 3 is 2.59 bits per heavy atom. The lowest BCUT2D eigenvalue weighted by Gasteiger charge is -2.14. The van der Waals surface area contributed by atoms with Crippen molar-refractivity contribution in [1.29, 1.82) is 0 Å². The Bertz CT molecular complexity index is 1230. The lowest BCUT2D eigenvalue weighted by Crippen LogP contribution is -2.16. The van der Waals surface area contributed by atoms with Crippen molar-refractivity contribution in [2.45, 2.75) is 26.6 Å². The van der Waals surface area contributed by atoms with Crippen LogP contribution in [0.15, 0.2) is 66.7 Å². The Balaban J connectivity index is 1.55. The number of methoxy groups -OCH3 is 1.